The number of halogens is 1. The predicted octanol–water partition coefficient (Wildman–Crippen LogP) is 2.90. The molecule has 1 aromatic rings. The zero-order chi connectivity index (χ0) is 14.8. The van der Waals surface area contributed by atoms with E-state index < -0.39 is 15.6 Å². The fourth-order valence-electron chi connectivity index (χ4n) is 1.66. The van der Waals surface area contributed by atoms with Crippen molar-refractivity contribution in [1.29, 1.82) is 0 Å². The molecule has 0 saturated carbocycles. The molecule has 0 aliphatic heterocycles. The number of hydrogen-bond acceptors (Lipinski definition) is 3. The van der Waals surface area contributed by atoms with Crippen LogP contribution < -0.4 is 5.73 Å². The maximum Gasteiger partial charge on any atom is 0.243 e. The molecule has 0 radical (unpaired) electrons. The zero-order valence-electron chi connectivity index (χ0n) is 11.4. The Morgan fingerprint density at radius 3 is 2.42 bits per heavy atom. The van der Waals surface area contributed by atoms with Gasteiger partial charge in [-0.1, -0.05) is 17.7 Å². The van der Waals surface area contributed by atoms with Gasteiger partial charge in [0.1, 0.15) is 0 Å². The minimum Gasteiger partial charge on any atom is -0.397 e. The topological polar surface area (TPSA) is 63.4 Å². The smallest absolute Gasteiger partial charge is 0.243 e. The third-order valence-corrected chi connectivity index (χ3v) is 5.07. The maximum absolute atomic E-state index is 12.6. The van der Waals surface area contributed by atoms with Gasteiger partial charge in [0.05, 0.1) is 15.6 Å². The number of nitrogen functional groups attached to an aromatic ring is 1. The van der Waals surface area contributed by atoms with Crippen molar-refractivity contribution >= 4 is 27.3 Å². The van der Waals surface area contributed by atoms with Crippen LogP contribution in [0.1, 0.15) is 20.8 Å². The van der Waals surface area contributed by atoms with Crippen LogP contribution in [-0.4, -0.2) is 24.8 Å². The molecule has 0 aliphatic carbocycles. The lowest BCUT2D eigenvalue weighted by molar-refractivity contribution is 0.270. The van der Waals surface area contributed by atoms with Gasteiger partial charge in [-0.15, -0.1) is 6.58 Å². The molecule has 6 heteroatoms. The largest absolute Gasteiger partial charge is 0.397 e. The summed E-state index contributed by atoms with van der Waals surface area (Å²) in [6.07, 6.45) is 1.56. The fraction of sp³-hybridized carbons (Fsp3) is 0.385. The van der Waals surface area contributed by atoms with Gasteiger partial charge in [-0.2, -0.15) is 4.31 Å². The van der Waals surface area contributed by atoms with Gasteiger partial charge in [0.25, 0.3) is 0 Å². The Kier molecular flexibility index (Phi) is 4.66. The van der Waals surface area contributed by atoms with Crippen LogP contribution in [0.5, 0.6) is 0 Å². The van der Waals surface area contributed by atoms with Crippen LogP contribution in [0, 0.1) is 0 Å². The SMILES string of the molecule is C=CCN(C(C)(C)C)S(=O)(=O)c1ccc(Cl)c(N)c1. The Bertz CT molecular complexity index is 577. The maximum atomic E-state index is 12.6. The van der Waals surface area contributed by atoms with E-state index in [0.717, 1.165) is 0 Å². The molecule has 0 heterocycles. The van der Waals surface area contributed by atoms with Crippen molar-refractivity contribution in [3.05, 3.63) is 35.9 Å². The Morgan fingerprint density at radius 1 is 1.42 bits per heavy atom. The molecule has 106 valence electrons. The first-order valence-electron chi connectivity index (χ1n) is 5.79. The lowest BCUT2D eigenvalue weighted by Gasteiger charge is -2.33. The van der Waals surface area contributed by atoms with E-state index in [1.165, 1.54) is 22.5 Å². The molecule has 0 unspecified atom stereocenters. The molecule has 0 saturated heterocycles. The Balaban J connectivity index is 3.34. The summed E-state index contributed by atoms with van der Waals surface area (Å²) in [5, 5.41) is 0.338. The molecule has 0 aromatic heterocycles. The lowest BCUT2D eigenvalue weighted by atomic mass is 10.1. The van der Waals surface area contributed by atoms with Gasteiger partial charge in [-0.05, 0) is 39.0 Å². The average molecular weight is 303 g/mol. The number of hydrogen-bond donors (Lipinski definition) is 1. The van der Waals surface area contributed by atoms with Crippen LogP contribution in [-0.2, 0) is 10.0 Å². The highest BCUT2D eigenvalue weighted by Crippen LogP contribution is 2.28. The molecule has 0 fully saturated rings. The van der Waals surface area contributed by atoms with Crippen LogP contribution in [0.25, 0.3) is 0 Å². The van der Waals surface area contributed by atoms with E-state index in [2.05, 4.69) is 6.58 Å². The minimum absolute atomic E-state index is 0.131. The highest BCUT2D eigenvalue weighted by molar-refractivity contribution is 7.89. The third kappa shape index (κ3) is 3.49. The summed E-state index contributed by atoms with van der Waals surface area (Å²) in [5.74, 6) is 0. The molecule has 19 heavy (non-hydrogen) atoms. The second-order valence-electron chi connectivity index (χ2n) is 5.18. The van der Waals surface area contributed by atoms with Gasteiger partial charge >= 0.3 is 0 Å². The van der Waals surface area contributed by atoms with Gasteiger partial charge < -0.3 is 5.73 Å². The van der Waals surface area contributed by atoms with E-state index in [9.17, 15) is 8.42 Å². The molecular formula is C13H19ClN2O2S. The van der Waals surface area contributed by atoms with Crippen LogP contribution in [0.4, 0.5) is 5.69 Å². The summed E-state index contributed by atoms with van der Waals surface area (Å²) in [6.45, 7) is 9.31. The minimum atomic E-state index is -3.64. The molecule has 4 nitrogen and oxygen atoms in total. The first-order valence-corrected chi connectivity index (χ1v) is 7.61. The second-order valence-corrected chi connectivity index (χ2v) is 7.45. The molecule has 1 aromatic carbocycles. The molecule has 0 amide bonds. The number of nitrogens with two attached hydrogens (primary N) is 1. The van der Waals surface area contributed by atoms with Gasteiger partial charge in [0.15, 0.2) is 0 Å². The van der Waals surface area contributed by atoms with E-state index in [0.29, 0.717) is 5.02 Å². The van der Waals surface area contributed by atoms with Gasteiger partial charge in [-0.3, -0.25) is 0 Å². The third-order valence-electron chi connectivity index (χ3n) is 2.60. The molecule has 0 aliphatic rings. The van der Waals surface area contributed by atoms with Crippen molar-refractivity contribution in [2.24, 2.45) is 0 Å². The van der Waals surface area contributed by atoms with E-state index in [-0.39, 0.29) is 17.1 Å². The average Bonchev–Trinajstić information content (AvgIpc) is 2.27. The summed E-state index contributed by atoms with van der Waals surface area (Å²) >= 11 is 5.81. The van der Waals surface area contributed by atoms with E-state index in [1.54, 1.807) is 6.08 Å². The highest BCUT2D eigenvalue weighted by Gasteiger charge is 2.33. The van der Waals surface area contributed by atoms with Crippen molar-refractivity contribution in [3.63, 3.8) is 0 Å². The summed E-state index contributed by atoms with van der Waals surface area (Å²) in [4.78, 5) is 0.131. The van der Waals surface area contributed by atoms with Crippen molar-refractivity contribution < 1.29 is 8.42 Å². The number of anilines is 1. The summed E-state index contributed by atoms with van der Waals surface area (Å²) in [5.41, 5.74) is 5.36. The van der Waals surface area contributed by atoms with E-state index in [4.69, 9.17) is 17.3 Å². The molecule has 2 N–H and O–H groups in total. The van der Waals surface area contributed by atoms with Crippen molar-refractivity contribution in [3.8, 4) is 0 Å². The molecule has 1 rings (SSSR count). The Labute approximate surface area is 119 Å². The molecular weight excluding hydrogens is 284 g/mol. The molecule has 0 spiro atoms. The first kappa shape index (κ1) is 16.0. The second kappa shape index (κ2) is 5.53. The van der Waals surface area contributed by atoms with Gasteiger partial charge in [0, 0.05) is 12.1 Å². The van der Waals surface area contributed by atoms with E-state index >= 15 is 0 Å². The summed E-state index contributed by atoms with van der Waals surface area (Å²) in [6, 6.07) is 4.31. The van der Waals surface area contributed by atoms with Crippen molar-refractivity contribution in [2.75, 3.05) is 12.3 Å². The van der Waals surface area contributed by atoms with Gasteiger partial charge in [-0.25, -0.2) is 8.42 Å². The monoisotopic (exact) mass is 302 g/mol. The van der Waals surface area contributed by atoms with Crippen LogP contribution >= 0.6 is 11.6 Å². The van der Waals surface area contributed by atoms with Gasteiger partial charge in [0.2, 0.25) is 10.0 Å². The number of benzene rings is 1. The van der Waals surface area contributed by atoms with E-state index in [1.807, 2.05) is 20.8 Å². The zero-order valence-corrected chi connectivity index (χ0v) is 12.9. The lowest BCUT2D eigenvalue weighted by Crippen LogP contribution is -2.45. The number of rotatable bonds is 4. The van der Waals surface area contributed by atoms with Crippen molar-refractivity contribution in [2.45, 2.75) is 31.2 Å². The van der Waals surface area contributed by atoms with Crippen LogP contribution in [0.2, 0.25) is 5.02 Å². The van der Waals surface area contributed by atoms with Crippen molar-refractivity contribution in [1.82, 2.24) is 4.31 Å². The quantitative estimate of drug-likeness (QED) is 0.687. The molecule has 0 bridgehead atoms. The number of sulfonamides is 1. The highest BCUT2D eigenvalue weighted by atomic mass is 35.5. The predicted molar refractivity (Wildman–Crippen MR) is 79.7 cm³/mol. The number of nitrogens with zero attached hydrogens (tertiary/aromatic N) is 1. The van der Waals surface area contributed by atoms with Crippen LogP contribution in [0.3, 0.4) is 0 Å². The first-order chi connectivity index (χ1) is 8.60. The van der Waals surface area contributed by atoms with Crippen LogP contribution in [0.15, 0.2) is 35.7 Å². The Hall–Kier alpha value is -1.04. The molecule has 0 atom stereocenters. The standard InChI is InChI=1S/C13H19ClN2O2S/c1-5-8-16(13(2,3)4)19(17,18)10-6-7-11(14)12(15)9-10/h5-7,9H,1,8,15H2,2-4H3. The Morgan fingerprint density at radius 2 is 2.00 bits per heavy atom. The normalized spacial score (nSPS) is 12.7. The fourth-order valence-corrected chi connectivity index (χ4v) is 3.57. The summed E-state index contributed by atoms with van der Waals surface area (Å²) < 4.78 is 26.6. The summed E-state index contributed by atoms with van der Waals surface area (Å²) in [7, 11) is -3.64.